The molecule has 1 aliphatic rings. The standard InChI is InChI=1S/C9H21N3/c1-10-9(11-2)8-4-6-12(3)7-5-8/h8-11H,4-7H2,1-3H3. The lowest BCUT2D eigenvalue weighted by molar-refractivity contribution is 0.177. The van der Waals surface area contributed by atoms with Crippen LogP contribution in [-0.4, -0.2) is 45.3 Å². The zero-order valence-electron chi connectivity index (χ0n) is 8.43. The number of likely N-dealkylation sites (tertiary alicyclic amines) is 1. The van der Waals surface area contributed by atoms with E-state index >= 15 is 0 Å². The summed E-state index contributed by atoms with van der Waals surface area (Å²) in [6.45, 7) is 2.48. The lowest BCUT2D eigenvalue weighted by Crippen LogP contribution is -2.47. The van der Waals surface area contributed by atoms with E-state index in [0.717, 1.165) is 5.92 Å². The predicted molar refractivity (Wildman–Crippen MR) is 52.1 cm³/mol. The molecule has 72 valence electrons. The summed E-state index contributed by atoms with van der Waals surface area (Å²) < 4.78 is 0. The fourth-order valence-corrected chi connectivity index (χ4v) is 1.98. The van der Waals surface area contributed by atoms with Gasteiger partial charge in [0.05, 0.1) is 6.17 Å². The molecule has 0 aromatic carbocycles. The Hall–Kier alpha value is -0.120. The SMILES string of the molecule is CNC(NC)C1CCN(C)CC1. The van der Waals surface area contributed by atoms with Gasteiger partial charge in [-0.15, -0.1) is 0 Å². The van der Waals surface area contributed by atoms with E-state index in [1.54, 1.807) is 0 Å². The highest BCUT2D eigenvalue weighted by Gasteiger charge is 2.22. The second kappa shape index (κ2) is 4.80. The Morgan fingerprint density at radius 2 is 1.67 bits per heavy atom. The molecule has 0 aromatic heterocycles. The highest BCUT2D eigenvalue weighted by Crippen LogP contribution is 2.17. The summed E-state index contributed by atoms with van der Waals surface area (Å²) in [5, 5.41) is 6.61. The second-order valence-corrected chi connectivity index (χ2v) is 3.70. The molecule has 1 aliphatic heterocycles. The van der Waals surface area contributed by atoms with Crippen LogP contribution in [0.3, 0.4) is 0 Å². The number of rotatable bonds is 3. The summed E-state index contributed by atoms with van der Waals surface area (Å²) in [6, 6.07) is 0. The van der Waals surface area contributed by atoms with Crippen molar-refractivity contribution in [1.29, 1.82) is 0 Å². The quantitative estimate of drug-likeness (QED) is 0.590. The van der Waals surface area contributed by atoms with E-state index in [9.17, 15) is 0 Å². The smallest absolute Gasteiger partial charge is 0.0596 e. The molecule has 1 heterocycles. The van der Waals surface area contributed by atoms with Crippen molar-refractivity contribution in [3.63, 3.8) is 0 Å². The van der Waals surface area contributed by atoms with Crippen LogP contribution in [0.25, 0.3) is 0 Å². The molecule has 3 heteroatoms. The first kappa shape index (κ1) is 9.96. The Labute approximate surface area is 75.5 Å². The maximum absolute atomic E-state index is 3.31. The van der Waals surface area contributed by atoms with Crippen LogP contribution in [0.5, 0.6) is 0 Å². The summed E-state index contributed by atoms with van der Waals surface area (Å²) in [5.74, 6) is 0.802. The van der Waals surface area contributed by atoms with Crippen LogP contribution in [0.4, 0.5) is 0 Å². The summed E-state index contributed by atoms with van der Waals surface area (Å²) in [5.41, 5.74) is 0. The van der Waals surface area contributed by atoms with Crippen molar-refractivity contribution in [2.45, 2.75) is 19.0 Å². The van der Waals surface area contributed by atoms with Crippen LogP contribution in [0.15, 0.2) is 0 Å². The van der Waals surface area contributed by atoms with E-state index in [0.29, 0.717) is 6.17 Å². The van der Waals surface area contributed by atoms with Crippen molar-refractivity contribution in [1.82, 2.24) is 15.5 Å². The van der Waals surface area contributed by atoms with Gasteiger partial charge in [-0.25, -0.2) is 0 Å². The molecule has 3 nitrogen and oxygen atoms in total. The summed E-state index contributed by atoms with van der Waals surface area (Å²) in [6.07, 6.45) is 3.12. The first-order valence-electron chi connectivity index (χ1n) is 4.81. The third-order valence-electron chi connectivity index (χ3n) is 2.86. The molecule has 1 saturated heterocycles. The van der Waals surface area contributed by atoms with E-state index in [-0.39, 0.29) is 0 Å². The molecule has 0 spiro atoms. The van der Waals surface area contributed by atoms with Crippen molar-refractivity contribution in [3.8, 4) is 0 Å². The molecule has 0 aliphatic carbocycles. The topological polar surface area (TPSA) is 27.3 Å². The van der Waals surface area contributed by atoms with Gasteiger partial charge in [-0.1, -0.05) is 0 Å². The maximum atomic E-state index is 3.31. The predicted octanol–water partition coefficient (Wildman–Crippen LogP) is 0.0931. The molecule has 0 radical (unpaired) electrons. The van der Waals surface area contributed by atoms with Gasteiger partial charge in [0.25, 0.3) is 0 Å². The van der Waals surface area contributed by atoms with Gasteiger partial charge in [-0.2, -0.15) is 0 Å². The van der Waals surface area contributed by atoms with E-state index in [1.807, 2.05) is 14.1 Å². The molecule has 2 N–H and O–H groups in total. The van der Waals surface area contributed by atoms with Gasteiger partial charge in [0, 0.05) is 0 Å². The summed E-state index contributed by atoms with van der Waals surface area (Å²) in [4.78, 5) is 2.40. The highest BCUT2D eigenvalue weighted by atomic mass is 15.1. The zero-order valence-corrected chi connectivity index (χ0v) is 8.43. The molecule has 0 aromatic rings. The largest absolute Gasteiger partial charge is 0.306 e. The molecule has 0 amide bonds. The van der Waals surface area contributed by atoms with Gasteiger partial charge >= 0.3 is 0 Å². The summed E-state index contributed by atoms with van der Waals surface area (Å²) in [7, 11) is 6.25. The summed E-state index contributed by atoms with van der Waals surface area (Å²) >= 11 is 0. The second-order valence-electron chi connectivity index (χ2n) is 3.70. The lowest BCUT2D eigenvalue weighted by atomic mass is 9.94. The molecule has 12 heavy (non-hydrogen) atoms. The van der Waals surface area contributed by atoms with Gasteiger partial charge in [-0.3, -0.25) is 0 Å². The average molecular weight is 171 g/mol. The first-order chi connectivity index (χ1) is 5.77. The fourth-order valence-electron chi connectivity index (χ4n) is 1.98. The Morgan fingerprint density at radius 3 is 2.08 bits per heavy atom. The van der Waals surface area contributed by atoms with Gasteiger partial charge in [-0.05, 0) is 53.0 Å². The Morgan fingerprint density at radius 1 is 1.17 bits per heavy atom. The number of nitrogens with one attached hydrogen (secondary N) is 2. The van der Waals surface area contributed by atoms with Crippen LogP contribution < -0.4 is 10.6 Å². The minimum Gasteiger partial charge on any atom is -0.306 e. The van der Waals surface area contributed by atoms with Crippen molar-refractivity contribution in [3.05, 3.63) is 0 Å². The first-order valence-corrected chi connectivity index (χ1v) is 4.81. The van der Waals surface area contributed by atoms with Gasteiger partial charge in [0.2, 0.25) is 0 Å². The normalized spacial score (nSPS) is 22.0. The van der Waals surface area contributed by atoms with Gasteiger partial charge < -0.3 is 15.5 Å². The Kier molecular flexibility index (Phi) is 3.98. The number of piperidine rings is 1. The van der Waals surface area contributed by atoms with Crippen molar-refractivity contribution >= 4 is 0 Å². The van der Waals surface area contributed by atoms with Gasteiger partial charge in [0.1, 0.15) is 0 Å². The van der Waals surface area contributed by atoms with Crippen LogP contribution >= 0.6 is 0 Å². The lowest BCUT2D eigenvalue weighted by Gasteiger charge is -2.33. The van der Waals surface area contributed by atoms with E-state index in [4.69, 9.17) is 0 Å². The zero-order chi connectivity index (χ0) is 8.97. The molecule has 0 saturated carbocycles. The molecule has 1 fully saturated rings. The van der Waals surface area contributed by atoms with Crippen LogP contribution in [-0.2, 0) is 0 Å². The van der Waals surface area contributed by atoms with Crippen molar-refractivity contribution in [2.75, 3.05) is 34.2 Å². The third-order valence-corrected chi connectivity index (χ3v) is 2.86. The van der Waals surface area contributed by atoms with Crippen molar-refractivity contribution in [2.24, 2.45) is 5.92 Å². The molecule has 0 atom stereocenters. The minimum atomic E-state index is 0.499. The van der Waals surface area contributed by atoms with Crippen LogP contribution in [0, 0.1) is 5.92 Å². The van der Waals surface area contributed by atoms with Crippen LogP contribution in [0.1, 0.15) is 12.8 Å². The molecule has 0 bridgehead atoms. The minimum absolute atomic E-state index is 0.499. The fraction of sp³-hybridized carbons (Fsp3) is 1.00. The average Bonchev–Trinajstić information content (AvgIpc) is 2.10. The number of hydrogen-bond acceptors (Lipinski definition) is 3. The Balaban J connectivity index is 2.32. The van der Waals surface area contributed by atoms with E-state index < -0.39 is 0 Å². The highest BCUT2D eigenvalue weighted by molar-refractivity contribution is 4.77. The van der Waals surface area contributed by atoms with Crippen molar-refractivity contribution < 1.29 is 0 Å². The maximum Gasteiger partial charge on any atom is 0.0596 e. The molecular weight excluding hydrogens is 150 g/mol. The molecule has 1 rings (SSSR count). The molecule has 0 unspecified atom stereocenters. The molecular formula is C9H21N3. The Bertz CT molecular complexity index is 115. The van der Waals surface area contributed by atoms with Gasteiger partial charge in [0.15, 0.2) is 0 Å². The van der Waals surface area contributed by atoms with E-state index in [2.05, 4.69) is 22.6 Å². The third kappa shape index (κ3) is 2.44. The monoisotopic (exact) mass is 171 g/mol. The number of nitrogens with zero attached hydrogens (tertiary/aromatic N) is 1. The van der Waals surface area contributed by atoms with E-state index in [1.165, 1.54) is 25.9 Å². The van der Waals surface area contributed by atoms with Crippen LogP contribution in [0.2, 0.25) is 0 Å². The number of hydrogen-bond donors (Lipinski definition) is 2.